The minimum Gasteiger partial charge on any atom is -0.493 e. The molecule has 0 bridgehead atoms. The van der Waals surface area contributed by atoms with Gasteiger partial charge >= 0.3 is 12.0 Å². The van der Waals surface area contributed by atoms with E-state index in [0.717, 1.165) is 23.1 Å². The summed E-state index contributed by atoms with van der Waals surface area (Å²) in [7, 11) is 0. The highest BCUT2D eigenvalue weighted by Gasteiger charge is 2.08. The number of carbonyl (C=O) groups is 1. The van der Waals surface area contributed by atoms with Crippen molar-refractivity contribution in [2.24, 2.45) is 5.73 Å². The van der Waals surface area contributed by atoms with Gasteiger partial charge < -0.3 is 20.3 Å². The molecule has 2 aromatic rings. The van der Waals surface area contributed by atoms with Crippen LogP contribution in [0.25, 0.3) is 0 Å². The number of amides is 2. The van der Waals surface area contributed by atoms with Crippen LogP contribution in [0.1, 0.15) is 17.5 Å². The molecule has 0 radical (unpaired) electrons. The molecule has 26 heavy (non-hydrogen) atoms. The number of rotatable bonds is 9. The van der Waals surface area contributed by atoms with E-state index in [9.17, 15) is 4.79 Å². The first-order chi connectivity index (χ1) is 12.4. The summed E-state index contributed by atoms with van der Waals surface area (Å²) < 4.78 is 10.6. The molecule has 0 unspecified atom stereocenters. The summed E-state index contributed by atoms with van der Waals surface area (Å²) in [4.78, 5) is 15.6. The van der Waals surface area contributed by atoms with Gasteiger partial charge in [-0.3, -0.25) is 0 Å². The maximum absolute atomic E-state index is 11.7. The first-order valence-electron chi connectivity index (χ1n) is 7.90. The Kier molecular flexibility index (Phi) is 7.15. The number of nitrogens with two attached hydrogens (primary N) is 1. The maximum Gasteiger partial charge on any atom is 0.340 e. The maximum atomic E-state index is 11.7. The number of aromatic nitrogens is 2. The average Bonchev–Trinajstić information content (AvgIpc) is 3.01. The van der Waals surface area contributed by atoms with E-state index >= 15 is 0 Å². The summed E-state index contributed by atoms with van der Waals surface area (Å²) in [5, 5.41) is 6.96. The predicted molar refractivity (Wildman–Crippen MR) is 99.7 cm³/mol. The number of carbonyl (C=O) groups excluding carboxylic acids is 1. The van der Waals surface area contributed by atoms with Crippen LogP contribution in [0.2, 0.25) is 0 Å². The minimum absolute atomic E-state index is 0.0436. The van der Waals surface area contributed by atoms with Crippen molar-refractivity contribution < 1.29 is 14.1 Å². The van der Waals surface area contributed by atoms with Gasteiger partial charge in [0.25, 0.3) is 0 Å². The molecule has 0 aliphatic rings. The SMILES string of the molecule is C=C(N)Sc1noc(NNC(=O)NCCCOc2ccc(C)cc2C)n1. The quantitative estimate of drug-likeness (QED) is 0.297. The third kappa shape index (κ3) is 6.55. The van der Waals surface area contributed by atoms with Crippen LogP contribution >= 0.6 is 11.8 Å². The summed E-state index contributed by atoms with van der Waals surface area (Å²) in [6.45, 7) is 8.52. The number of ether oxygens (including phenoxy) is 1. The number of thioether (sulfide) groups is 1. The Bertz CT molecular complexity index is 764. The molecule has 0 spiro atoms. The molecule has 0 fully saturated rings. The highest BCUT2D eigenvalue weighted by molar-refractivity contribution is 8.02. The molecule has 0 atom stereocenters. The molecule has 2 rings (SSSR count). The largest absolute Gasteiger partial charge is 0.493 e. The van der Waals surface area contributed by atoms with Crippen molar-refractivity contribution >= 4 is 23.8 Å². The number of urea groups is 1. The summed E-state index contributed by atoms with van der Waals surface area (Å²) in [5.74, 6) is 0.854. The lowest BCUT2D eigenvalue weighted by Gasteiger charge is -2.10. The van der Waals surface area contributed by atoms with Crippen LogP contribution in [-0.2, 0) is 0 Å². The van der Waals surface area contributed by atoms with E-state index in [2.05, 4.69) is 39.0 Å². The van der Waals surface area contributed by atoms with E-state index in [1.54, 1.807) is 0 Å². The number of nitrogens with zero attached hydrogens (tertiary/aromatic N) is 2. The molecule has 1 aromatic heterocycles. The monoisotopic (exact) mass is 378 g/mol. The molecule has 2 amide bonds. The standard InChI is InChI=1S/C16H22N6O3S/c1-10-5-6-13(11(2)9-10)24-8-4-7-18-14(23)20-21-15-19-16(22-25-15)26-12(3)17/h5-6,9H,3-4,7-8,17H2,1-2H3,(H2,18,20,23)(H,19,21,22). The van der Waals surface area contributed by atoms with Gasteiger partial charge in [-0.25, -0.2) is 15.6 Å². The lowest BCUT2D eigenvalue weighted by molar-refractivity contribution is 0.240. The number of aryl methyl sites for hydroxylation is 2. The Labute approximate surface area is 155 Å². The van der Waals surface area contributed by atoms with E-state index in [1.807, 2.05) is 26.0 Å². The van der Waals surface area contributed by atoms with Gasteiger partial charge in [-0.15, -0.1) is 0 Å². The van der Waals surface area contributed by atoms with Crippen molar-refractivity contribution in [3.05, 3.63) is 40.9 Å². The molecule has 0 aliphatic carbocycles. The molecule has 0 saturated carbocycles. The predicted octanol–water partition coefficient (Wildman–Crippen LogP) is 2.30. The third-order valence-electron chi connectivity index (χ3n) is 3.11. The van der Waals surface area contributed by atoms with E-state index < -0.39 is 6.03 Å². The van der Waals surface area contributed by atoms with Crippen LogP contribution in [-0.4, -0.2) is 29.3 Å². The average molecular weight is 378 g/mol. The number of nitrogens with one attached hydrogen (secondary N) is 3. The zero-order chi connectivity index (χ0) is 18.9. The first-order valence-corrected chi connectivity index (χ1v) is 8.71. The topological polar surface area (TPSA) is 127 Å². The summed E-state index contributed by atoms with van der Waals surface area (Å²) in [6.07, 6.45) is 0.667. The van der Waals surface area contributed by atoms with Crippen LogP contribution in [0.5, 0.6) is 5.75 Å². The number of hydrogen-bond acceptors (Lipinski definition) is 8. The van der Waals surface area contributed by atoms with Crippen LogP contribution < -0.4 is 26.6 Å². The molecule has 9 nitrogen and oxygen atoms in total. The molecular weight excluding hydrogens is 356 g/mol. The molecule has 0 aliphatic heterocycles. The lowest BCUT2D eigenvalue weighted by atomic mass is 10.1. The van der Waals surface area contributed by atoms with Crippen molar-refractivity contribution in [2.45, 2.75) is 25.4 Å². The Morgan fingerprint density at radius 2 is 2.23 bits per heavy atom. The Morgan fingerprint density at radius 3 is 2.96 bits per heavy atom. The lowest BCUT2D eigenvalue weighted by Crippen LogP contribution is -2.39. The number of anilines is 1. The zero-order valence-electron chi connectivity index (χ0n) is 14.7. The van der Waals surface area contributed by atoms with Crippen LogP contribution in [0, 0.1) is 13.8 Å². The molecular formula is C16H22N6O3S. The fraction of sp³-hybridized carbons (Fsp3) is 0.312. The smallest absolute Gasteiger partial charge is 0.340 e. The van der Waals surface area contributed by atoms with Gasteiger partial charge in [-0.1, -0.05) is 24.3 Å². The van der Waals surface area contributed by atoms with Crippen molar-refractivity contribution in [3.8, 4) is 5.75 Å². The summed E-state index contributed by atoms with van der Waals surface area (Å²) in [6, 6.07) is 5.64. The van der Waals surface area contributed by atoms with E-state index in [0.29, 0.717) is 29.8 Å². The highest BCUT2D eigenvalue weighted by atomic mass is 32.2. The molecule has 1 aromatic carbocycles. The number of benzene rings is 1. The van der Waals surface area contributed by atoms with E-state index in [1.165, 1.54) is 5.56 Å². The van der Waals surface area contributed by atoms with E-state index in [4.69, 9.17) is 15.0 Å². The second kappa shape index (κ2) is 9.56. The van der Waals surface area contributed by atoms with Crippen LogP contribution in [0.3, 0.4) is 0 Å². The minimum atomic E-state index is -0.424. The molecule has 1 heterocycles. The molecule has 0 saturated heterocycles. The Morgan fingerprint density at radius 1 is 1.42 bits per heavy atom. The van der Waals surface area contributed by atoms with Gasteiger partial charge in [0.2, 0.25) is 5.16 Å². The molecule has 140 valence electrons. The summed E-state index contributed by atoms with van der Waals surface area (Å²) in [5.41, 5.74) is 12.6. The van der Waals surface area contributed by atoms with Crippen LogP contribution in [0.4, 0.5) is 10.8 Å². The van der Waals surface area contributed by atoms with Gasteiger partial charge in [-0.05, 0) is 48.8 Å². The van der Waals surface area contributed by atoms with E-state index in [-0.39, 0.29) is 6.01 Å². The Hall–Kier alpha value is -2.88. The van der Waals surface area contributed by atoms with Gasteiger partial charge in [0.15, 0.2) is 0 Å². The van der Waals surface area contributed by atoms with Crippen molar-refractivity contribution in [2.75, 3.05) is 18.6 Å². The normalized spacial score (nSPS) is 10.2. The first kappa shape index (κ1) is 19.4. The van der Waals surface area contributed by atoms with Crippen molar-refractivity contribution in [1.29, 1.82) is 0 Å². The highest BCUT2D eigenvalue weighted by Crippen LogP contribution is 2.19. The third-order valence-corrected chi connectivity index (χ3v) is 3.72. The fourth-order valence-electron chi connectivity index (χ4n) is 1.99. The molecule has 10 heteroatoms. The van der Waals surface area contributed by atoms with Gasteiger partial charge in [0.05, 0.1) is 11.6 Å². The zero-order valence-corrected chi connectivity index (χ0v) is 15.5. The van der Waals surface area contributed by atoms with Crippen molar-refractivity contribution in [3.63, 3.8) is 0 Å². The van der Waals surface area contributed by atoms with Crippen molar-refractivity contribution in [1.82, 2.24) is 20.9 Å². The second-order valence-corrected chi connectivity index (χ2v) is 6.52. The summed E-state index contributed by atoms with van der Waals surface area (Å²) >= 11 is 1.06. The number of hydrazine groups is 1. The van der Waals surface area contributed by atoms with Gasteiger partial charge in [-0.2, -0.15) is 4.98 Å². The number of hydrogen-bond donors (Lipinski definition) is 4. The van der Waals surface area contributed by atoms with Gasteiger partial charge in [0.1, 0.15) is 5.75 Å². The second-order valence-electron chi connectivity index (χ2n) is 5.43. The fourth-order valence-corrected chi connectivity index (χ4v) is 2.43. The molecule has 5 N–H and O–H groups in total. The van der Waals surface area contributed by atoms with Gasteiger partial charge in [0, 0.05) is 6.54 Å². The Balaban J connectivity index is 1.60. The van der Waals surface area contributed by atoms with Crippen LogP contribution in [0.15, 0.2) is 39.5 Å².